The molecule has 4 rings (SSSR count). The zero-order valence-electron chi connectivity index (χ0n) is 22.8. The van der Waals surface area contributed by atoms with Crippen molar-refractivity contribution < 1.29 is 9.59 Å². The molecule has 1 atom stereocenters. The number of nitrogens with zero attached hydrogens (tertiary/aromatic N) is 4. The first-order chi connectivity index (χ1) is 18.5. The molecule has 1 aliphatic rings. The van der Waals surface area contributed by atoms with Crippen LogP contribution in [0.15, 0.2) is 66.7 Å². The molecule has 0 bridgehead atoms. The van der Waals surface area contributed by atoms with Crippen molar-refractivity contribution in [1.29, 1.82) is 0 Å². The summed E-state index contributed by atoms with van der Waals surface area (Å²) in [6.07, 6.45) is 4.04. The number of carbonyl (C=O) groups is 2. The fourth-order valence-electron chi connectivity index (χ4n) is 4.88. The standard InChI is InChI=1S/C31H39N5O2/c1-4-5-18-32-29(37)28(23(2)3)36(22-24-14-8-6-9-15-24)30(38)27-21-26(25-16-10-7-11-17-25)33-31(34-27)35-19-12-13-20-35/h6-11,14-17,21,23,28H,4-5,12-13,18-20,22H2,1-3H3,(H,32,37). The van der Waals surface area contributed by atoms with Gasteiger partial charge in [0.1, 0.15) is 11.7 Å². The monoisotopic (exact) mass is 513 g/mol. The third-order valence-electron chi connectivity index (χ3n) is 6.91. The van der Waals surface area contributed by atoms with Gasteiger partial charge in [-0.1, -0.05) is 87.9 Å². The average Bonchev–Trinajstić information content (AvgIpc) is 3.48. The highest BCUT2D eigenvalue weighted by Crippen LogP contribution is 2.25. The van der Waals surface area contributed by atoms with Gasteiger partial charge in [-0.15, -0.1) is 0 Å². The third kappa shape index (κ3) is 6.77. The normalized spacial score (nSPS) is 13.9. The first-order valence-corrected chi connectivity index (χ1v) is 13.8. The molecule has 200 valence electrons. The zero-order chi connectivity index (χ0) is 26.9. The predicted octanol–water partition coefficient (Wildman–Crippen LogP) is 5.33. The van der Waals surface area contributed by atoms with Gasteiger partial charge in [0.2, 0.25) is 11.9 Å². The van der Waals surface area contributed by atoms with Crippen LogP contribution < -0.4 is 10.2 Å². The van der Waals surface area contributed by atoms with Crippen LogP contribution in [-0.2, 0) is 11.3 Å². The van der Waals surface area contributed by atoms with Crippen LogP contribution in [-0.4, -0.2) is 52.4 Å². The van der Waals surface area contributed by atoms with E-state index in [1.807, 2.05) is 74.5 Å². The Morgan fingerprint density at radius 1 is 0.974 bits per heavy atom. The largest absolute Gasteiger partial charge is 0.354 e. The van der Waals surface area contributed by atoms with E-state index < -0.39 is 6.04 Å². The lowest BCUT2D eigenvalue weighted by Gasteiger charge is -2.33. The Hall–Kier alpha value is -3.74. The van der Waals surface area contributed by atoms with E-state index in [1.54, 1.807) is 11.0 Å². The highest BCUT2D eigenvalue weighted by molar-refractivity contribution is 5.97. The van der Waals surface area contributed by atoms with Gasteiger partial charge in [0.25, 0.3) is 5.91 Å². The van der Waals surface area contributed by atoms with Crippen molar-refractivity contribution in [3.63, 3.8) is 0 Å². The molecule has 1 saturated heterocycles. The first kappa shape index (κ1) is 27.3. The smallest absolute Gasteiger partial charge is 0.273 e. The van der Waals surface area contributed by atoms with Crippen LogP contribution in [0.25, 0.3) is 11.3 Å². The van der Waals surface area contributed by atoms with E-state index in [4.69, 9.17) is 9.97 Å². The maximum Gasteiger partial charge on any atom is 0.273 e. The number of nitrogens with one attached hydrogen (secondary N) is 1. The van der Waals surface area contributed by atoms with Crippen LogP contribution in [0.1, 0.15) is 62.5 Å². The van der Waals surface area contributed by atoms with Crippen molar-refractivity contribution in [3.05, 3.63) is 78.0 Å². The van der Waals surface area contributed by atoms with E-state index in [-0.39, 0.29) is 17.7 Å². The molecule has 0 aliphatic carbocycles. The molecule has 0 radical (unpaired) electrons. The van der Waals surface area contributed by atoms with Crippen LogP contribution in [0.5, 0.6) is 0 Å². The SMILES string of the molecule is CCCCNC(=O)C(C(C)C)N(Cc1ccccc1)C(=O)c1cc(-c2ccccc2)nc(N2CCCC2)n1. The summed E-state index contributed by atoms with van der Waals surface area (Å²) in [4.78, 5) is 41.2. The summed E-state index contributed by atoms with van der Waals surface area (Å²) in [7, 11) is 0. The fourth-order valence-corrected chi connectivity index (χ4v) is 4.88. The minimum Gasteiger partial charge on any atom is -0.354 e. The van der Waals surface area contributed by atoms with Crippen molar-refractivity contribution in [2.75, 3.05) is 24.5 Å². The summed E-state index contributed by atoms with van der Waals surface area (Å²) < 4.78 is 0. The van der Waals surface area contributed by atoms with Crippen LogP contribution in [0, 0.1) is 5.92 Å². The first-order valence-electron chi connectivity index (χ1n) is 13.8. The van der Waals surface area contributed by atoms with Gasteiger partial charge < -0.3 is 15.1 Å². The summed E-state index contributed by atoms with van der Waals surface area (Å²) in [6.45, 7) is 8.71. The molecule has 3 aromatic rings. The molecular formula is C31H39N5O2. The minimum atomic E-state index is -0.634. The zero-order valence-corrected chi connectivity index (χ0v) is 22.8. The number of hydrogen-bond donors (Lipinski definition) is 1. The second-order valence-corrected chi connectivity index (χ2v) is 10.3. The predicted molar refractivity (Wildman–Crippen MR) is 152 cm³/mol. The van der Waals surface area contributed by atoms with Crippen LogP contribution in [0.2, 0.25) is 0 Å². The third-order valence-corrected chi connectivity index (χ3v) is 6.91. The highest BCUT2D eigenvalue weighted by Gasteiger charge is 2.34. The number of carbonyl (C=O) groups excluding carboxylic acids is 2. The van der Waals surface area contributed by atoms with Crippen molar-refractivity contribution in [1.82, 2.24) is 20.2 Å². The Bertz CT molecular complexity index is 1190. The second-order valence-electron chi connectivity index (χ2n) is 10.3. The summed E-state index contributed by atoms with van der Waals surface area (Å²) in [6, 6.07) is 20.8. The molecule has 1 aliphatic heterocycles. The summed E-state index contributed by atoms with van der Waals surface area (Å²) >= 11 is 0. The van der Waals surface area contributed by atoms with E-state index in [2.05, 4.69) is 17.1 Å². The van der Waals surface area contributed by atoms with Gasteiger partial charge in [0.15, 0.2) is 0 Å². The molecule has 7 heteroatoms. The van der Waals surface area contributed by atoms with Crippen molar-refractivity contribution in [2.24, 2.45) is 5.92 Å². The Balaban J connectivity index is 1.76. The van der Waals surface area contributed by atoms with Gasteiger partial charge in [-0.2, -0.15) is 0 Å². The molecule has 1 unspecified atom stereocenters. The maximum absolute atomic E-state index is 14.3. The molecule has 1 N–H and O–H groups in total. The molecule has 2 amide bonds. The van der Waals surface area contributed by atoms with Gasteiger partial charge in [0, 0.05) is 31.7 Å². The van der Waals surface area contributed by atoms with E-state index in [9.17, 15) is 9.59 Å². The Labute approximate surface area is 226 Å². The van der Waals surface area contributed by atoms with Crippen LogP contribution in [0.3, 0.4) is 0 Å². The molecule has 1 aromatic heterocycles. The Morgan fingerprint density at radius 2 is 1.63 bits per heavy atom. The highest BCUT2D eigenvalue weighted by atomic mass is 16.2. The van der Waals surface area contributed by atoms with E-state index in [0.717, 1.165) is 49.9 Å². The van der Waals surface area contributed by atoms with Gasteiger partial charge in [-0.05, 0) is 36.8 Å². The molecule has 2 heterocycles. The topological polar surface area (TPSA) is 78.4 Å². The second kappa shape index (κ2) is 13.2. The molecule has 1 fully saturated rings. The van der Waals surface area contributed by atoms with Gasteiger partial charge in [-0.25, -0.2) is 9.97 Å². The van der Waals surface area contributed by atoms with Crippen molar-refractivity contribution >= 4 is 17.8 Å². The Morgan fingerprint density at radius 3 is 2.26 bits per heavy atom. The van der Waals surface area contributed by atoms with Crippen molar-refractivity contribution in [3.8, 4) is 11.3 Å². The number of hydrogen-bond acceptors (Lipinski definition) is 5. The molecular weight excluding hydrogens is 474 g/mol. The summed E-state index contributed by atoms with van der Waals surface area (Å²) in [5, 5.41) is 3.06. The minimum absolute atomic E-state index is 0.0854. The van der Waals surface area contributed by atoms with Crippen LogP contribution >= 0.6 is 0 Å². The molecule has 2 aromatic carbocycles. The quantitative estimate of drug-likeness (QED) is 0.351. The number of aromatic nitrogens is 2. The lowest BCUT2D eigenvalue weighted by atomic mass is 9.99. The van der Waals surface area contributed by atoms with Gasteiger partial charge in [-0.3, -0.25) is 9.59 Å². The lowest BCUT2D eigenvalue weighted by Crippen LogP contribution is -2.52. The number of benzene rings is 2. The van der Waals surface area contributed by atoms with Crippen molar-refractivity contribution in [2.45, 2.75) is 59.0 Å². The number of amides is 2. The van der Waals surface area contributed by atoms with E-state index in [1.165, 1.54) is 0 Å². The fraction of sp³-hybridized carbons (Fsp3) is 0.419. The summed E-state index contributed by atoms with van der Waals surface area (Å²) in [5.74, 6) is 0.0891. The van der Waals surface area contributed by atoms with Crippen LogP contribution in [0.4, 0.5) is 5.95 Å². The van der Waals surface area contributed by atoms with E-state index >= 15 is 0 Å². The van der Waals surface area contributed by atoms with E-state index in [0.29, 0.717) is 30.4 Å². The molecule has 38 heavy (non-hydrogen) atoms. The molecule has 0 spiro atoms. The average molecular weight is 514 g/mol. The lowest BCUT2D eigenvalue weighted by molar-refractivity contribution is -0.127. The van der Waals surface area contributed by atoms with Gasteiger partial charge >= 0.3 is 0 Å². The Kier molecular flexibility index (Phi) is 9.46. The molecule has 0 saturated carbocycles. The summed E-state index contributed by atoms with van der Waals surface area (Å²) in [5.41, 5.74) is 2.91. The number of unbranched alkanes of at least 4 members (excludes halogenated alkanes) is 1. The van der Waals surface area contributed by atoms with Gasteiger partial charge in [0.05, 0.1) is 5.69 Å². The maximum atomic E-state index is 14.3. The number of rotatable bonds is 11. The number of anilines is 1. The molecule has 7 nitrogen and oxygen atoms in total.